The Morgan fingerprint density at radius 2 is 1.69 bits per heavy atom. The van der Waals surface area contributed by atoms with Crippen LogP contribution in [0.25, 0.3) is 0 Å². The third-order valence-electron chi connectivity index (χ3n) is 4.10. The molecule has 3 rings (SSSR count). The average molecular weight is 390 g/mol. The molecule has 0 aliphatic rings. The fourth-order valence-electron chi connectivity index (χ4n) is 2.73. The molecule has 0 aliphatic carbocycles. The van der Waals surface area contributed by atoms with Crippen molar-refractivity contribution in [1.29, 1.82) is 0 Å². The number of benzene rings is 2. The maximum Gasteiger partial charge on any atom is 0.243 e. The Morgan fingerprint density at radius 3 is 2.35 bits per heavy atom. The molecule has 0 fully saturated rings. The number of rotatable bonds is 7. The first kappa shape index (κ1) is 18.6. The van der Waals surface area contributed by atoms with E-state index in [4.69, 9.17) is 11.6 Å². The van der Waals surface area contributed by atoms with Gasteiger partial charge in [0, 0.05) is 24.3 Å². The van der Waals surface area contributed by atoms with Crippen molar-refractivity contribution >= 4 is 21.6 Å². The minimum absolute atomic E-state index is 0.223. The van der Waals surface area contributed by atoms with Crippen LogP contribution < -0.4 is 0 Å². The summed E-state index contributed by atoms with van der Waals surface area (Å²) in [6.45, 7) is 3.18. The van der Waals surface area contributed by atoms with Gasteiger partial charge >= 0.3 is 0 Å². The monoisotopic (exact) mass is 389 g/mol. The van der Waals surface area contributed by atoms with Crippen LogP contribution in [0.3, 0.4) is 0 Å². The van der Waals surface area contributed by atoms with E-state index in [2.05, 4.69) is 5.10 Å². The smallest absolute Gasteiger partial charge is 0.243 e. The van der Waals surface area contributed by atoms with Crippen LogP contribution in [-0.2, 0) is 29.7 Å². The van der Waals surface area contributed by atoms with E-state index in [9.17, 15) is 8.42 Å². The third kappa shape index (κ3) is 4.15. The number of aryl methyl sites for hydroxylation is 1. The van der Waals surface area contributed by atoms with Crippen LogP contribution >= 0.6 is 11.6 Å². The van der Waals surface area contributed by atoms with Gasteiger partial charge in [-0.15, -0.1) is 0 Å². The summed E-state index contributed by atoms with van der Waals surface area (Å²) in [6.07, 6.45) is 1.69. The zero-order chi connectivity index (χ0) is 18.6. The molecule has 3 aromatic rings. The molecule has 1 heterocycles. The Balaban J connectivity index is 1.97. The Labute approximate surface area is 158 Å². The van der Waals surface area contributed by atoms with Crippen molar-refractivity contribution in [3.8, 4) is 0 Å². The van der Waals surface area contributed by atoms with Gasteiger partial charge < -0.3 is 0 Å². The van der Waals surface area contributed by atoms with Gasteiger partial charge in [-0.05, 0) is 42.8 Å². The van der Waals surface area contributed by atoms with E-state index >= 15 is 0 Å². The predicted molar refractivity (Wildman–Crippen MR) is 102 cm³/mol. The highest BCUT2D eigenvalue weighted by molar-refractivity contribution is 7.89. The first-order valence-corrected chi connectivity index (χ1v) is 10.1. The van der Waals surface area contributed by atoms with Crippen molar-refractivity contribution in [3.05, 3.63) is 83.1 Å². The Hall–Kier alpha value is -2.15. The molecule has 7 heteroatoms. The summed E-state index contributed by atoms with van der Waals surface area (Å²) in [5, 5.41) is 4.74. The second-order valence-corrected chi connectivity index (χ2v) is 8.23. The summed E-state index contributed by atoms with van der Waals surface area (Å²) in [4.78, 5) is 0.223. The van der Waals surface area contributed by atoms with Gasteiger partial charge in [0.1, 0.15) is 0 Å². The molecule has 0 spiro atoms. The molecule has 5 nitrogen and oxygen atoms in total. The lowest BCUT2D eigenvalue weighted by atomic mass is 10.2. The highest BCUT2D eigenvalue weighted by atomic mass is 35.5. The summed E-state index contributed by atoms with van der Waals surface area (Å²) in [5.74, 6) is 0. The van der Waals surface area contributed by atoms with Gasteiger partial charge in [-0.1, -0.05) is 41.9 Å². The summed E-state index contributed by atoms with van der Waals surface area (Å²) in [7, 11) is -3.68. The van der Waals surface area contributed by atoms with Crippen LogP contribution in [-0.4, -0.2) is 22.5 Å². The lowest BCUT2D eigenvalue weighted by molar-refractivity contribution is 0.386. The Bertz CT molecular complexity index is 954. The highest BCUT2D eigenvalue weighted by Gasteiger charge is 2.26. The minimum Gasteiger partial charge on any atom is -0.269 e. The second-order valence-electron chi connectivity index (χ2n) is 5.85. The van der Waals surface area contributed by atoms with Gasteiger partial charge in [0.2, 0.25) is 10.0 Å². The molecule has 26 heavy (non-hydrogen) atoms. The number of hydrogen-bond acceptors (Lipinski definition) is 3. The molecule has 0 N–H and O–H groups in total. The lowest BCUT2D eigenvalue weighted by Gasteiger charge is -2.23. The quantitative estimate of drug-likeness (QED) is 0.614. The molecule has 2 aromatic carbocycles. The van der Waals surface area contributed by atoms with E-state index in [1.807, 2.05) is 43.3 Å². The van der Waals surface area contributed by atoms with E-state index in [-0.39, 0.29) is 18.0 Å². The fraction of sp³-hybridized carbons (Fsp3) is 0.211. The normalized spacial score (nSPS) is 11.8. The molecule has 0 atom stereocenters. The van der Waals surface area contributed by atoms with Crippen molar-refractivity contribution in [2.24, 2.45) is 0 Å². The molecule has 1 aromatic heterocycles. The SMILES string of the molecule is CCn1nccc1CN(Cc1ccccc1)S(=O)(=O)c1ccc(Cl)cc1. The largest absolute Gasteiger partial charge is 0.269 e. The summed E-state index contributed by atoms with van der Waals surface area (Å²) < 4.78 is 29.7. The van der Waals surface area contributed by atoms with Gasteiger partial charge in [-0.25, -0.2) is 8.42 Å². The van der Waals surface area contributed by atoms with Crippen LogP contribution in [0, 0.1) is 0 Å². The van der Waals surface area contributed by atoms with Gasteiger partial charge in [0.25, 0.3) is 0 Å². The zero-order valence-corrected chi connectivity index (χ0v) is 16.0. The molecular formula is C19H20ClN3O2S. The van der Waals surface area contributed by atoms with Gasteiger partial charge in [0.15, 0.2) is 0 Å². The molecule has 136 valence electrons. The standard InChI is InChI=1S/C19H20ClN3O2S/c1-2-23-18(12-13-21-23)15-22(14-16-6-4-3-5-7-16)26(24,25)19-10-8-17(20)9-11-19/h3-13H,2,14-15H2,1H3. The Morgan fingerprint density at radius 1 is 1.00 bits per heavy atom. The predicted octanol–water partition coefficient (Wildman–Crippen LogP) is 3.95. The summed E-state index contributed by atoms with van der Waals surface area (Å²) in [5.41, 5.74) is 1.77. The molecular weight excluding hydrogens is 370 g/mol. The third-order valence-corrected chi connectivity index (χ3v) is 6.15. The maximum atomic E-state index is 13.2. The highest BCUT2D eigenvalue weighted by Crippen LogP contribution is 2.22. The van der Waals surface area contributed by atoms with Crippen LogP contribution in [0.2, 0.25) is 5.02 Å². The molecule has 0 aliphatic heterocycles. The minimum atomic E-state index is -3.68. The van der Waals surface area contributed by atoms with E-state index < -0.39 is 10.0 Å². The zero-order valence-electron chi connectivity index (χ0n) is 14.4. The maximum absolute atomic E-state index is 13.2. The van der Waals surface area contributed by atoms with Crippen molar-refractivity contribution in [3.63, 3.8) is 0 Å². The van der Waals surface area contributed by atoms with Crippen LogP contribution in [0.4, 0.5) is 0 Å². The fourth-order valence-corrected chi connectivity index (χ4v) is 4.25. The van der Waals surface area contributed by atoms with Crippen LogP contribution in [0.15, 0.2) is 71.8 Å². The molecule has 0 amide bonds. The molecule has 0 radical (unpaired) electrons. The summed E-state index contributed by atoms with van der Waals surface area (Å²) >= 11 is 5.91. The topological polar surface area (TPSA) is 55.2 Å². The first-order valence-electron chi connectivity index (χ1n) is 8.31. The van der Waals surface area contributed by atoms with Gasteiger partial charge in [-0.3, -0.25) is 4.68 Å². The lowest BCUT2D eigenvalue weighted by Crippen LogP contribution is -2.31. The molecule has 0 bridgehead atoms. The van der Waals surface area contributed by atoms with E-state index in [0.29, 0.717) is 11.6 Å². The molecule has 0 saturated heterocycles. The van der Waals surface area contributed by atoms with E-state index in [1.54, 1.807) is 23.0 Å². The number of nitrogens with zero attached hydrogens (tertiary/aromatic N) is 3. The molecule has 0 unspecified atom stereocenters. The van der Waals surface area contributed by atoms with E-state index in [1.165, 1.54) is 16.4 Å². The van der Waals surface area contributed by atoms with Gasteiger partial charge in [0.05, 0.1) is 17.1 Å². The summed E-state index contributed by atoms with van der Waals surface area (Å²) in [6, 6.07) is 17.6. The first-order chi connectivity index (χ1) is 12.5. The van der Waals surface area contributed by atoms with Crippen molar-refractivity contribution in [1.82, 2.24) is 14.1 Å². The number of halogens is 1. The average Bonchev–Trinajstić information content (AvgIpc) is 3.09. The Kier molecular flexibility index (Phi) is 5.76. The van der Waals surface area contributed by atoms with Crippen LogP contribution in [0.5, 0.6) is 0 Å². The van der Waals surface area contributed by atoms with Crippen LogP contribution in [0.1, 0.15) is 18.2 Å². The second kappa shape index (κ2) is 8.03. The van der Waals surface area contributed by atoms with Crippen molar-refractivity contribution in [2.45, 2.75) is 31.5 Å². The number of sulfonamides is 1. The van der Waals surface area contributed by atoms with Crippen molar-refractivity contribution in [2.75, 3.05) is 0 Å². The number of hydrogen-bond donors (Lipinski definition) is 0. The van der Waals surface area contributed by atoms with Gasteiger partial charge in [-0.2, -0.15) is 9.40 Å². The van der Waals surface area contributed by atoms with Crippen molar-refractivity contribution < 1.29 is 8.42 Å². The molecule has 0 saturated carbocycles. The number of aromatic nitrogens is 2. The van der Waals surface area contributed by atoms with E-state index in [0.717, 1.165) is 11.3 Å².